The zero-order valence-corrected chi connectivity index (χ0v) is 13.2. The quantitative estimate of drug-likeness (QED) is 0.794. The smallest absolute Gasteiger partial charge is 0.251 e. The van der Waals surface area contributed by atoms with Crippen LogP contribution in [-0.4, -0.2) is 16.0 Å². The van der Waals surface area contributed by atoms with Crippen molar-refractivity contribution in [2.75, 3.05) is 0 Å². The van der Waals surface area contributed by atoms with Gasteiger partial charge in [-0.1, -0.05) is 47.1 Å². The second-order valence-corrected chi connectivity index (χ2v) is 5.46. The molecule has 0 fully saturated rings. The van der Waals surface area contributed by atoms with E-state index in [1.165, 1.54) is 0 Å². The average molecular weight is 328 g/mol. The Morgan fingerprint density at radius 2 is 2.04 bits per heavy atom. The molecule has 2 aromatic carbocycles. The molecule has 0 spiro atoms. The Labute approximate surface area is 138 Å². The van der Waals surface area contributed by atoms with E-state index in [9.17, 15) is 4.79 Å². The van der Waals surface area contributed by atoms with Crippen LogP contribution in [0.3, 0.4) is 0 Å². The van der Waals surface area contributed by atoms with Gasteiger partial charge in [0.25, 0.3) is 5.91 Å². The Hall–Kier alpha value is -2.66. The van der Waals surface area contributed by atoms with Crippen molar-refractivity contribution in [3.05, 3.63) is 70.6 Å². The third-order valence-electron chi connectivity index (χ3n) is 3.34. The minimum absolute atomic E-state index is 0.157. The molecule has 1 aromatic heterocycles. The number of benzene rings is 2. The van der Waals surface area contributed by atoms with Crippen LogP contribution in [0.2, 0.25) is 5.02 Å². The number of nitrogens with one attached hydrogen (secondary N) is 1. The van der Waals surface area contributed by atoms with Crippen LogP contribution in [0.1, 0.15) is 21.8 Å². The highest BCUT2D eigenvalue weighted by molar-refractivity contribution is 6.30. The Morgan fingerprint density at radius 1 is 1.22 bits per heavy atom. The van der Waals surface area contributed by atoms with Gasteiger partial charge in [-0.15, -0.1) is 0 Å². The molecular formula is C17H14ClN3O2. The van der Waals surface area contributed by atoms with E-state index in [1.807, 2.05) is 31.2 Å². The van der Waals surface area contributed by atoms with Crippen LogP contribution >= 0.6 is 11.6 Å². The van der Waals surface area contributed by atoms with E-state index in [0.717, 1.165) is 11.1 Å². The number of hydrogen-bond acceptors (Lipinski definition) is 4. The summed E-state index contributed by atoms with van der Waals surface area (Å²) in [6.07, 6.45) is 0. The third kappa shape index (κ3) is 3.57. The Morgan fingerprint density at radius 3 is 2.83 bits per heavy atom. The summed E-state index contributed by atoms with van der Waals surface area (Å²) in [5.74, 6) is 0.608. The summed E-state index contributed by atoms with van der Waals surface area (Å²) in [4.78, 5) is 16.3. The van der Waals surface area contributed by atoms with Crippen molar-refractivity contribution in [3.63, 3.8) is 0 Å². The molecule has 116 valence electrons. The molecule has 1 amide bonds. The second-order valence-electron chi connectivity index (χ2n) is 5.02. The van der Waals surface area contributed by atoms with Gasteiger partial charge in [-0.05, 0) is 30.7 Å². The number of aryl methyl sites for hydroxylation is 1. The molecule has 0 aliphatic rings. The Balaban J connectivity index is 1.68. The fourth-order valence-electron chi connectivity index (χ4n) is 2.15. The van der Waals surface area contributed by atoms with Crippen LogP contribution in [0, 0.1) is 6.92 Å². The van der Waals surface area contributed by atoms with E-state index < -0.39 is 0 Å². The van der Waals surface area contributed by atoms with Crippen molar-refractivity contribution < 1.29 is 9.32 Å². The Kier molecular flexibility index (Phi) is 4.39. The van der Waals surface area contributed by atoms with Gasteiger partial charge in [0.1, 0.15) is 0 Å². The molecule has 0 radical (unpaired) electrons. The normalized spacial score (nSPS) is 10.5. The fourth-order valence-corrected chi connectivity index (χ4v) is 2.34. The van der Waals surface area contributed by atoms with E-state index in [4.69, 9.17) is 16.1 Å². The van der Waals surface area contributed by atoms with Gasteiger partial charge >= 0.3 is 0 Å². The molecule has 6 heteroatoms. The van der Waals surface area contributed by atoms with E-state index in [1.54, 1.807) is 24.3 Å². The maximum absolute atomic E-state index is 12.0. The van der Waals surface area contributed by atoms with Gasteiger partial charge in [-0.25, -0.2) is 0 Å². The number of carbonyl (C=O) groups is 1. The molecule has 1 N–H and O–H groups in total. The van der Waals surface area contributed by atoms with Crippen molar-refractivity contribution in [1.82, 2.24) is 15.5 Å². The lowest BCUT2D eigenvalue weighted by Crippen LogP contribution is -2.22. The molecule has 23 heavy (non-hydrogen) atoms. The SMILES string of the molecule is Cc1ccccc1-c1noc(CNC(=O)c2cccc(Cl)c2)n1. The van der Waals surface area contributed by atoms with Crippen LogP contribution in [0.5, 0.6) is 0 Å². The maximum atomic E-state index is 12.0. The zero-order chi connectivity index (χ0) is 16.2. The predicted octanol–water partition coefficient (Wildman–Crippen LogP) is 3.63. The van der Waals surface area contributed by atoms with Crippen molar-refractivity contribution in [3.8, 4) is 11.4 Å². The highest BCUT2D eigenvalue weighted by atomic mass is 35.5. The lowest BCUT2D eigenvalue weighted by Gasteiger charge is -2.02. The van der Waals surface area contributed by atoms with E-state index in [-0.39, 0.29) is 12.5 Å². The monoisotopic (exact) mass is 327 g/mol. The summed E-state index contributed by atoms with van der Waals surface area (Å²) in [6, 6.07) is 14.5. The highest BCUT2D eigenvalue weighted by Crippen LogP contribution is 2.19. The lowest BCUT2D eigenvalue weighted by atomic mass is 10.1. The number of nitrogens with zero attached hydrogens (tertiary/aromatic N) is 2. The van der Waals surface area contributed by atoms with Gasteiger partial charge in [0.2, 0.25) is 11.7 Å². The number of aromatic nitrogens is 2. The first-order valence-corrected chi connectivity index (χ1v) is 7.43. The molecular weight excluding hydrogens is 314 g/mol. The van der Waals surface area contributed by atoms with E-state index in [2.05, 4.69) is 15.5 Å². The van der Waals surface area contributed by atoms with Crippen LogP contribution < -0.4 is 5.32 Å². The summed E-state index contributed by atoms with van der Waals surface area (Å²) in [7, 11) is 0. The topological polar surface area (TPSA) is 68.0 Å². The van der Waals surface area contributed by atoms with Crippen LogP contribution in [0.4, 0.5) is 0 Å². The first-order valence-electron chi connectivity index (χ1n) is 7.06. The first-order chi connectivity index (χ1) is 11.1. The number of halogens is 1. The van der Waals surface area contributed by atoms with Crippen LogP contribution in [0.15, 0.2) is 53.1 Å². The molecule has 0 aliphatic carbocycles. The van der Waals surface area contributed by atoms with Crippen molar-refractivity contribution in [2.45, 2.75) is 13.5 Å². The van der Waals surface area contributed by atoms with E-state index in [0.29, 0.717) is 22.3 Å². The van der Waals surface area contributed by atoms with Gasteiger partial charge in [0.05, 0.1) is 6.54 Å². The molecule has 0 bridgehead atoms. The largest absolute Gasteiger partial charge is 0.343 e. The zero-order valence-electron chi connectivity index (χ0n) is 12.4. The molecule has 0 saturated heterocycles. The summed E-state index contributed by atoms with van der Waals surface area (Å²) in [6.45, 7) is 2.14. The first kappa shape index (κ1) is 15.2. The number of rotatable bonds is 4. The highest BCUT2D eigenvalue weighted by Gasteiger charge is 2.12. The van der Waals surface area contributed by atoms with Crippen molar-refractivity contribution >= 4 is 17.5 Å². The van der Waals surface area contributed by atoms with Crippen LogP contribution in [-0.2, 0) is 6.54 Å². The molecule has 3 aromatic rings. The van der Waals surface area contributed by atoms with Gasteiger partial charge in [0.15, 0.2) is 0 Å². The van der Waals surface area contributed by atoms with Crippen molar-refractivity contribution in [2.24, 2.45) is 0 Å². The summed E-state index contributed by atoms with van der Waals surface area (Å²) >= 11 is 5.87. The molecule has 3 rings (SSSR count). The third-order valence-corrected chi connectivity index (χ3v) is 3.58. The minimum atomic E-state index is -0.247. The molecule has 1 heterocycles. The number of carbonyl (C=O) groups excluding carboxylic acids is 1. The molecule has 0 saturated carbocycles. The minimum Gasteiger partial charge on any atom is -0.343 e. The van der Waals surface area contributed by atoms with Crippen molar-refractivity contribution in [1.29, 1.82) is 0 Å². The van der Waals surface area contributed by atoms with Gasteiger partial charge in [0, 0.05) is 16.1 Å². The predicted molar refractivity (Wildman–Crippen MR) is 87.1 cm³/mol. The summed E-state index contributed by atoms with van der Waals surface area (Å²) in [5.41, 5.74) is 2.45. The number of amides is 1. The van der Waals surface area contributed by atoms with E-state index >= 15 is 0 Å². The summed E-state index contributed by atoms with van der Waals surface area (Å²) < 4.78 is 5.18. The molecule has 0 aliphatic heterocycles. The van der Waals surface area contributed by atoms with Crippen LogP contribution in [0.25, 0.3) is 11.4 Å². The number of hydrogen-bond donors (Lipinski definition) is 1. The fraction of sp³-hybridized carbons (Fsp3) is 0.118. The summed E-state index contributed by atoms with van der Waals surface area (Å²) in [5, 5.41) is 7.19. The lowest BCUT2D eigenvalue weighted by molar-refractivity contribution is 0.0946. The molecule has 5 nitrogen and oxygen atoms in total. The second kappa shape index (κ2) is 6.62. The maximum Gasteiger partial charge on any atom is 0.251 e. The van der Waals surface area contributed by atoms with Gasteiger partial charge in [-0.3, -0.25) is 4.79 Å². The standard InChI is InChI=1S/C17H14ClN3O2/c1-11-5-2-3-8-14(11)16-20-15(23-21-16)10-19-17(22)12-6-4-7-13(18)9-12/h2-9H,10H2,1H3,(H,19,22). The molecule has 0 atom stereocenters. The Bertz CT molecular complexity index is 845. The molecule has 0 unspecified atom stereocenters. The van der Waals surface area contributed by atoms with Gasteiger partial charge < -0.3 is 9.84 Å². The average Bonchev–Trinajstić information content (AvgIpc) is 3.02. The van der Waals surface area contributed by atoms with Gasteiger partial charge in [-0.2, -0.15) is 4.98 Å².